The van der Waals surface area contributed by atoms with Crippen LogP contribution in [-0.4, -0.2) is 40.9 Å². The lowest BCUT2D eigenvalue weighted by Gasteiger charge is -2.12. The third-order valence-electron chi connectivity index (χ3n) is 2.80. The van der Waals surface area contributed by atoms with Gasteiger partial charge in [-0.05, 0) is 18.8 Å². The number of nitrogens with zero attached hydrogens (tertiary/aromatic N) is 2. The molecule has 1 saturated heterocycles. The summed E-state index contributed by atoms with van der Waals surface area (Å²) >= 11 is 0. The Morgan fingerprint density at radius 3 is 3.12 bits per heavy atom. The highest BCUT2D eigenvalue weighted by molar-refractivity contribution is 5.85. The van der Waals surface area contributed by atoms with E-state index in [0.29, 0.717) is 11.9 Å². The van der Waals surface area contributed by atoms with Crippen molar-refractivity contribution in [2.75, 3.05) is 24.6 Å². The molecule has 0 bridgehead atoms. The highest BCUT2D eigenvalue weighted by Gasteiger charge is 2.25. The smallest absolute Gasteiger partial charge is 0.357 e. The molecule has 0 radical (unpaired) electrons. The van der Waals surface area contributed by atoms with Crippen LogP contribution in [0.3, 0.4) is 0 Å². The van der Waals surface area contributed by atoms with Crippen LogP contribution in [0.15, 0.2) is 10.7 Å². The summed E-state index contributed by atoms with van der Waals surface area (Å²) in [4.78, 5) is 16.4. The van der Waals surface area contributed by atoms with Gasteiger partial charge in [0.25, 0.3) is 6.01 Å². The summed E-state index contributed by atoms with van der Waals surface area (Å²) in [5, 5.41) is 17.5. The third-order valence-corrected chi connectivity index (χ3v) is 2.80. The first-order chi connectivity index (χ1) is 7.70. The number of rotatable bonds is 4. The molecule has 1 aliphatic heterocycles. The molecular formula is C10H14N2O4. The average molecular weight is 226 g/mol. The van der Waals surface area contributed by atoms with Crippen LogP contribution in [-0.2, 0) is 0 Å². The Bertz CT molecular complexity index is 377. The summed E-state index contributed by atoms with van der Waals surface area (Å²) in [5.41, 5.74) is -0.0689. The molecule has 1 aromatic heterocycles. The van der Waals surface area contributed by atoms with Crippen LogP contribution in [0.5, 0.6) is 0 Å². The largest absolute Gasteiger partial charge is 0.476 e. The fourth-order valence-corrected chi connectivity index (χ4v) is 1.93. The van der Waals surface area contributed by atoms with Gasteiger partial charge in [-0.25, -0.2) is 4.79 Å². The Kier molecular flexibility index (Phi) is 3.09. The number of aromatic carboxylic acids is 1. The van der Waals surface area contributed by atoms with Gasteiger partial charge in [-0.3, -0.25) is 0 Å². The highest BCUT2D eigenvalue weighted by atomic mass is 16.4. The lowest BCUT2D eigenvalue weighted by molar-refractivity contribution is 0.0690. The number of carbonyl (C=O) groups is 1. The van der Waals surface area contributed by atoms with Gasteiger partial charge in [-0.15, -0.1) is 0 Å². The maximum atomic E-state index is 10.6. The van der Waals surface area contributed by atoms with E-state index in [4.69, 9.17) is 14.6 Å². The molecule has 6 heteroatoms. The van der Waals surface area contributed by atoms with Gasteiger partial charge >= 0.3 is 5.97 Å². The van der Waals surface area contributed by atoms with E-state index in [0.717, 1.165) is 32.2 Å². The molecule has 1 fully saturated rings. The van der Waals surface area contributed by atoms with Crippen molar-refractivity contribution in [3.8, 4) is 0 Å². The normalized spacial score (nSPS) is 20.3. The van der Waals surface area contributed by atoms with Crippen LogP contribution in [0, 0.1) is 5.92 Å². The fourth-order valence-electron chi connectivity index (χ4n) is 1.93. The summed E-state index contributed by atoms with van der Waals surface area (Å²) in [6.07, 6.45) is 2.89. The highest BCUT2D eigenvalue weighted by Crippen LogP contribution is 2.24. The Balaban J connectivity index is 2.00. The number of hydrogen-bond acceptors (Lipinski definition) is 5. The van der Waals surface area contributed by atoms with Crippen LogP contribution in [0.2, 0.25) is 0 Å². The molecule has 1 unspecified atom stereocenters. The average Bonchev–Trinajstić information content (AvgIpc) is 2.84. The second-order valence-corrected chi connectivity index (χ2v) is 3.93. The fraction of sp³-hybridized carbons (Fsp3) is 0.600. The summed E-state index contributed by atoms with van der Waals surface area (Å²) < 4.78 is 5.11. The summed E-state index contributed by atoms with van der Waals surface area (Å²) in [7, 11) is 0. The quantitative estimate of drug-likeness (QED) is 0.781. The van der Waals surface area contributed by atoms with E-state index in [1.165, 1.54) is 0 Å². The van der Waals surface area contributed by atoms with E-state index in [-0.39, 0.29) is 12.3 Å². The molecule has 2 rings (SSSR count). The molecule has 0 saturated carbocycles. The minimum Gasteiger partial charge on any atom is -0.476 e. The molecule has 0 aromatic carbocycles. The Hall–Kier alpha value is -1.56. The minimum absolute atomic E-state index is 0.0689. The van der Waals surface area contributed by atoms with Gasteiger partial charge < -0.3 is 19.5 Å². The molecular weight excluding hydrogens is 212 g/mol. The first-order valence-electron chi connectivity index (χ1n) is 5.25. The van der Waals surface area contributed by atoms with E-state index in [1.54, 1.807) is 0 Å². The molecule has 1 aromatic rings. The number of aliphatic hydroxyl groups is 1. The van der Waals surface area contributed by atoms with Crippen molar-refractivity contribution in [1.82, 2.24) is 4.98 Å². The molecule has 0 aliphatic carbocycles. The van der Waals surface area contributed by atoms with Gasteiger partial charge in [-0.1, -0.05) is 0 Å². The molecule has 2 N–H and O–H groups in total. The molecule has 2 heterocycles. The number of hydrogen-bond donors (Lipinski definition) is 2. The first kappa shape index (κ1) is 10.9. The van der Waals surface area contributed by atoms with Crippen LogP contribution in [0.4, 0.5) is 6.01 Å². The molecule has 0 spiro atoms. The second kappa shape index (κ2) is 4.52. The standard InChI is InChI=1S/C10H14N2O4/c13-4-2-7-1-3-12(5-7)10-11-8(6-16-10)9(14)15/h6-7,13H,1-5H2,(H,14,15). The van der Waals surface area contributed by atoms with E-state index in [1.807, 2.05) is 4.90 Å². The topological polar surface area (TPSA) is 86.8 Å². The van der Waals surface area contributed by atoms with Crippen LogP contribution in [0.1, 0.15) is 23.3 Å². The predicted molar refractivity (Wildman–Crippen MR) is 55.5 cm³/mol. The van der Waals surface area contributed by atoms with Crippen molar-refractivity contribution < 1.29 is 19.4 Å². The van der Waals surface area contributed by atoms with Crippen molar-refractivity contribution >= 4 is 12.0 Å². The zero-order valence-electron chi connectivity index (χ0n) is 8.80. The second-order valence-electron chi connectivity index (χ2n) is 3.93. The Labute approximate surface area is 92.5 Å². The zero-order valence-corrected chi connectivity index (χ0v) is 8.80. The SMILES string of the molecule is O=C(O)c1coc(N2CCC(CCO)C2)n1. The molecule has 6 nitrogen and oxygen atoms in total. The van der Waals surface area contributed by atoms with Gasteiger partial charge in [0, 0.05) is 19.7 Å². The molecule has 16 heavy (non-hydrogen) atoms. The number of aliphatic hydroxyl groups excluding tert-OH is 1. The number of anilines is 1. The minimum atomic E-state index is -1.08. The van der Waals surface area contributed by atoms with Gasteiger partial charge in [0.05, 0.1) is 0 Å². The van der Waals surface area contributed by atoms with E-state index in [2.05, 4.69) is 4.98 Å². The van der Waals surface area contributed by atoms with Gasteiger partial charge in [0.1, 0.15) is 6.26 Å². The molecule has 1 atom stereocenters. The predicted octanol–water partition coefficient (Wildman–Crippen LogP) is 0.582. The number of carboxylic acids is 1. The van der Waals surface area contributed by atoms with Crippen LogP contribution >= 0.6 is 0 Å². The summed E-state index contributed by atoms with van der Waals surface area (Å²) in [6.45, 7) is 1.74. The van der Waals surface area contributed by atoms with Crippen LogP contribution < -0.4 is 4.90 Å². The third kappa shape index (κ3) is 2.16. The first-order valence-corrected chi connectivity index (χ1v) is 5.25. The van der Waals surface area contributed by atoms with Crippen molar-refractivity contribution in [2.24, 2.45) is 5.92 Å². The van der Waals surface area contributed by atoms with Gasteiger partial charge in [-0.2, -0.15) is 4.98 Å². The number of carboxylic acid groups (broad SMARTS) is 1. The van der Waals surface area contributed by atoms with Crippen molar-refractivity contribution in [3.63, 3.8) is 0 Å². The van der Waals surface area contributed by atoms with Crippen molar-refractivity contribution in [2.45, 2.75) is 12.8 Å². The summed E-state index contributed by atoms with van der Waals surface area (Å²) in [5.74, 6) is -0.647. The maximum Gasteiger partial charge on any atom is 0.357 e. The molecule has 0 amide bonds. The van der Waals surface area contributed by atoms with Crippen molar-refractivity contribution in [1.29, 1.82) is 0 Å². The van der Waals surface area contributed by atoms with E-state index in [9.17, 15) is 4.79 Å². The van der Waals surface area contributed by atoms with Gasteiger partial charge in [0.2, 0.25) is 0 Å². The summed E-state index contributed by atoms with van der Waals surface area (Å²) in [6, 6.07) is 0.359. The Morgan fingerprint density at radius 1 is 1.69 bits per heavy atom. The van der Waals surface area contributed by atoms with Gasteiger partial charge in [0.15, 0.2) is 5.69 Å². The van der Waals surface area contributed by atoms with E-state index >= 15 is 0 Å². The number of aromatic nitrogens is 1. The van der Waals surface area contributed by atoms with E-state index < -0.39 is 5.97 Å². The number of oxazole rings is 1. The molecule has 1 aliphatic rings. The van der Waals surface area contributed by atoms with Crippen LogP contribution in [0.25, 0.3) is 0 Å². The van der Waals surface area contributed by atoms with Crippen molar-refractivity contribution in [3.05, 3.63) is 12.0 Å². The lowest BCUT2D eigenvalue weighted by Crippen LogP contribution is -2.20. The molecule has 88 valence electrons. The monoisotopic (exact) mass is 226 g/mol. The zero-order chi connectivity index (χ0) is 11.5. The lowest BCUT2D eigenvalue weighted by atomic mass is 10.1. The Morgan fingerprint density at radius 2 is 2.50 bits per heavy atom. The maximum absolute atomic E-state index is 10.6.